The minimum Gasteiger partial charge on any atom is -0.322 e. The molecule has 0 unspecified atom stereocenters. The van der Waals surface area contributed by atoms with Crippen LogP contribution in [0, 0.1) is 0 Å². The lowest BCUT2D eigenvalue weighted by atomic mass is 10.2. The van der Waals surface area contributed by atoms with Crippen LogP contribution in [0.2, 0.25) is 0 Å². The van der Waals surface area contributed by atoms with E-state index in [0.717, 1.165) is 0 Å². The van der Waals surface area contributed by atoms with Gasteiger partial charge in [-0.3, -0.25) is 9.48 Å². The van der Waals surface area contributed by atoms with E-state index in [2.05, 4.69) is 21.7 Å². The summed E-state index contributed by atoms with van der Waals surface area (Å²) in [6.07, 6.45) is 4.57. The van der Waals surface area contributed by atoms with Gasteiger partial charge in [-0.2, -0.15) is 5.10 Å². The van der Waals surface area contributed by atoms with Gasteiger partial charge in [0.2, 0.25) is 10.0 Å². The van der Waals surface area contributed by atoms with Crippen LogP contribution < -0.4 is 10.0 Å². The molecule has 0 radical (unpaired) electrons. The fraction of sp³-hybridized carbons (Fsp3) is 0.200. The Hall–Kier alpha value is -2.45. The van der Waals surface area contributed by atoms with E-state index in [9.17, 15) is 13.2 Å². The normalized spacial score (nSPS) is 11.2. The largest absolute Gasteiger partial charge is 0.322 e. The number of nitrogens with one attached hydrogen (secondary N) is 2. The molecule has 0 bridgehead atoms. The number of hydrogen-bond acceptors (Lipinski definition) is 4. The second-order valence-corrected chi connectivity index (χ2v) is 6.76. The van der Waals surface area contributed by atoms with E-state index < -0.39 is 10.0 Å². The van der Waals surface area contributed by atoms with Gasteiger partial charge in [0.05, 0.1) is 17.5 Å². The summed E-state index contributed by atoms with van der Waals surface area (Å²) in [7, 11) is -1.66. The van der Waals surface area contributed by atoms with Crippen LogP contribution in [-0.4, -0.2) is 30.7 Å². The number of sulfonamides is 1. The Labute approximate surface area is 135 Å². The molecule has 0 spiro atoms. The van der Waals surface area contributed by atoms with Gasteiger partial charge in [-0.05, 0) is 17.7 Å². The van der Waals surface area contributed by atoms with Gasteiger partial charge in [0.1, 0.15) is 0 Å². The van der Waals surface area contributed by atoms with Crippen molar-refractivity contribution >= 4 is 21.6 Å². The number of anilines is 1. The molecule has 8 heteroatoms. The lowest BCUT2D eigenvalue weighted by Crippen LogP contribution is -2.25. The molecule has 23 heavy (non-hydrogen) atoms. The molecular weight excluding hydrogens is 316 g/mol. The zero-order chi connectivity index (χ0) is 16.9. The van der Waals surface area contributed by atoms with Crippen molar-refractivity contribution < 1.29 is 13.2 Å². The van der Waals surface area contributed by atoms with Crippen molar-refractivity contribution in [2.45, 2.75) is 5.75 Å². The highest BCUT2D eigenvalue weighted by Gasteiger charge is 2.11. The number of aromatic nitrogens is 2. The molecule has 2 aromatic rings. The molecule has 0 saturated heterocycles. The minimum absolute atomic E-state index is 0.127. The molecule has 1 heterocycles. The molecule has 7 nitrogen and oxygen atoms in total. The summed E-state index contributed by atoms with van der Waals surface area (Å²) in [6.45, 7) is 3.66. The van der Waals surface area contributed by atoms with Crippen LogP contribution in [0.5, 0.6) is 0 Å². The topological polar surface area (TPSA) is 93.1 Å². The summed E-state index contributed by atoms with van der Waals surface area (Å²) in [5.74, 6) is -0.399. The van der Waals surface area contributed by atoms with E-state index in [1.807, 2.05) is 0 Å². The first-order valence-electron chi connectivity index (χ1n) is 6.87. The molecular formula is C15H18N4O3S. The van der Waals surface area contributed by atoms with Crippen molar-refractivity contribution in [3.63, 3.8) is 0 Å². The van der Waals surface area contributed by atoms with E-state index in [0.29, 0.717) is 16.8 Å². The molecule has 0 aliphatic rings. The number of carbonyl (C=O) groups is 1. The summed E-state index contributed by atoms with van der Waals surface area (Å²) in [5, 5.41) is 6.66. The third-order valence-electron chi connectivity index (χ3n) is 2.98. The Balaban J connectivity index is 1.99. The van der Waals surface area contributed by atoms with Crippen molar-refractivity contribution in [2.24, 2.45) is 7.05 Å². The van der Waals surface area contributed by atoms with Crippen molar-refractivity contribution in [3.05, 3.63) is 60.4 Å². The number of nitrogens with zero attached hydrogens (tertiary/aromatic N) is 2. The Morgan fingerprint density at radius 2 is 2.04 bits per heavy atom. The van der Waals surface area contributed by atoms with Crippen LogP contribution in [0.15, 0.2) is 49.3 Å². The zero-order valence-corrected chi connectivity index (χ0v) is 13.5. The molecule has 0 aliphatic carbocycles. The van der Waals surface area contributed by atoms with Gasteiger partial charge in [0.25, 0.3) is 5.91 Å². The monoisotopic (exact) mass is 334 g/mol. The SMILES string of the molecule is C=CCNS(=O)(=O)Cc1ccc(NC(=O)c2cnn(C)c2)cc1. The predicted molar refractivity (Wildman–Crippen MR) is 88.4 cm³/mol. The maximum atomic E-state index is 12.0. The van der Waals surface area contributed by atoms with Gasteiger partial charge >= 0.3 is 0 Å². The van der Waals surface area contributed by atoms with Gasteiger partial charge in [-0.15, -0.1) is 6.58 Å². The number of hydrogen-bond donors (Lipinski definition) is 2. The molecule has 1 aromatic heterocycles. The van der Waals surface area contributed by atoms with Crippen molar-refractivity contribution in [1.29, 1.82) is 0 Å². The highest BCUT2D eigenvalue weighted by molar-refractivity contribution is 7.88. The first-order valence-corrected chi connectivity index (χ1v) is 8.52. The highest BCUT2D eigenvalue weighted by Crippen LogP contribution is 2.13. The van der Waals surface area contributed by atoms with Crippen LogP contribution in [0.3, 0.4) is 0 Å². The quantitative estimate of drug-likeness (QED) is 0.746. The number of aryl methyl sites for hydroxylation is 1. The minimum atomic E-state index is -3.39. The highest BCUT2D eigenvalue weighted by atomic mass is 32.2. The van der Waals surface area contributed by atoms with Crippen LogP contribution in [-0.2, 0) is 22.8 Å². The van der Waals surface area contributed by atoms with Gasteiger partial charge < -0.3 is 5.32 Å². The lowest BCUT2D eigenvalue weighted by molar-refractivity contribution is 0.102. The van der Waals surface area contributed by atoms with E-state index in [1.54, 1.807) is 42.2 Å². The van der Waals surface area contributed by atoms with Crippen LogP contribution >= 0.6 is 0 Å². The first-order chi connectivity index (χ1) is 10.9. The van der Waals surface area contributed by atoms with E-state index >= 15 is 0 Å². The number of carbonyl (C=O) groups excluding carboxylic acids is 1. The van der Waals surface area contributed by atoms with Gasteiger partial charge in [0, 0.05) is 25.5 Å². The zero-order valence-electron chi connectivity index (χ0n) is 12.7. The smallest absolute Gasteiger partial charge is 0.258 e. The average molecular weight is 334 g/mol. The summed E-state index contributed by atoms with van der Waals surface area (Å²) in [5.41, 5.74) is 1.66. The third kappa shape index (κ3) is 5.04. The van der Waals surface area contributed by atoms with E-state index in [4.69, 9.17) is 0 Å². The molecule has 2 N–H and O–H groups in total. The predicted octanol–water partition coefficient (Wildman–Crippen LogP) is 1.28. The average Bonchev–Trinajstić information content (AvgIpc) is 2.94. The summed E-state index contributed by atoms with van der Waals surface area (Å²) in [6, 6.07) is 6.64. The maximum absolute atomic E-state index is 12.0. The van der Waals surface area contributed by atoms with E-state index in [1.165, 1.54) is 12.3 Å². The summed E-state index contributed by atoms with van der Waals surface area (Å²) < 4.78 is 27.5. The number of rotatable bonds is 7. The van der Waals surface area contributed by atoms with Crippen molar-refractivity contribution in [1.82, 2.24) is 14.5 Å². The first kappa shape index (κ1) is 16.9. The molecule has 0 aliphatic heterocycles. The van der Waals surface area contributed by atoms with E-state index in [-0.39, 0.29) is 18.2 Å². The second-order valence-electron chi connectivity index (χ2n) is 4.95. The Kier molecular flexibility index (Phi) is 5.30. The van der Waals surface area contributed by atoms with Gasteiger partial charge in [-0.1, -0.05) is 18.2 Å². The molecule has 122 valence electrons. The molecule has 1 amide bonds. The van der Waals surface area contributed by atoms with Crippen molar-refractivity contribution in [3.8, 4) is 0 Å². The fourth-order valence-corrected chi connectivity index (χ4v) is 2.99. The number of amides is 1. The van der Waals surface area contributed by atoms with Gasteiger partial charge in [-0.25, -0.2) is 13.1 Å². The molecule has 0 fully saturated rings. The second kappa shape index (κ2) is 7.21. The molecule has 1 aromatic carbocycles. The molecule has 0 atom stereocenters. The van der Waals surface area contributed by atoms with Crippen LogP contribution in [0.4, 0.5) is 5.69 Å². The Morgan fingerprint density at radius 3 is 2.61 bits per heavy atom. The summed E-state index contributed by atoms with van der Waals surface area (Å²) >= 11 is 0. The lowest BCUT2D eigenvalue weighted by Gasteiger charge is -2.07. The third-order valence-corrected chi connectivity index (χ3v) is 4.30. The standard InChI is InChI=1S/C15H18N4O3S/c1-3-8-17-23(21,22)11-12-4-6-14(7-5-12)18-15(20)13-9-16-19(2)10-13/h3-7,9-10,17H,1,8,11H2,2H3,(H,18,20). The maximum Gasteiger partial charge on any atom is 0.258 e. The van der Waals surface area contributed by atoms with Crippen LogP contribution in [0.25, 0.3) is 0 Å². The molecule has 2 rings (SSSR count). The number of benzene rings is 1. The fourth-order valence-electron chi connectivity index (χ4n) is 1.88. The summed E-state index contributed by atoms with van der Waals surface area (Å²) in [4.78, 5) is 12.0. The van der Waals surface area contributed by atoms with Gasteiger partial charge in [0.15, 0.2) is 0 Å². The Bertz CT molecular complexity index is 794. The molecule has 0 saturated carbocycles. The van der Waals surface area contributed by atoms with Crippen LogP contribution in [0.1, 0.15) is 15.9 Å². The van der Waals surface area contributed by atoms with Crippen molar-refractivity contribution in [2.75, 3.05) is 11.9 Å². The Morgan fingerprint density at radius 1 is 1.35 bits per heavy atom.